The Bertz CT molecular complexity index is 1160. The highest BCUT2D eigenvalue weighted by Gasteiger charge is 2.14. The number of amides is 2. The molecule has 0 spiro atoms. The lowest BCUT2D eigenvalue weighted by molar-refractivity contribution is -0.136. The van der Waals surface area contributed by atoms with Crippen LogP contribution < -0.4 is 20.2 Å². The molecule has 0 atom stereocenters. The summed E-state index contributed by atoms with van der Waals surface area (Å²) < 4.78 is 11.0. The lowest BCUT2D eigenvalue weighted by atomic mass is 10.2. The number of esters is 1. The molecule has 0 aliphatic carbocycles. The van der Waals surface area contributed by atoms with Gasteiger partial charge in [-0.15, -0.1) is 0 Å². The number of hydrazone groups is 1. The van der Waals surface area contributed by atoms with E-state index in [4.69, 9.17) is 21.1 Å². The highest BCUT2D eigenvalue weighted by Crippen LogP contribution is 2.29. The molecule has 2 amide bonds. The summed E-state index contributed by atoms with van der Waals surface area (Å²) in [6.45, 7) is 2.12. The van der Waals surface area contributed by atoms with Gasteiger partial charge in [-0.05, 0) is 67.1 Å². The second-order valence-electron chi connectivity index (χ2n) is 6.55. The van der Waals surface area contributed by atoms with Gasteiger partial charge in [-0.25, -0.2) is 10.2 Å². The quantitative estimate of drug-likeness (QED) is 0.180. The molecule has 8 nitrogen and oxygen atoms in total. The number of para-hydroxylation sites is 1. The fourth-order valence-corrected chi connectivity index (χ4v) is 2.75. The Balaban J connectivity index is 1.63. The van der Waals surface area contributed by atoms with Crippen LogP contribution in [0.4, 0.5) is 5.69 Å². The van der Waals surface area contributed by atoms with Crippen LogP contribution in [0.1, 0.15) is 22.8 Å². The van der Waals surface area contributed by atoms with Gasteiger partial charge < -0.3 is 14.8 Å². The molecule has 0 aromatic heterocycles. The number of nitrogens with zero attached hydrogens (tertiary/aromatic N) is 1. The van der Waals surface area contributed by atoms with E-state index >= 15 is 0 Å². The molecule has 0 aliphatic rings. The van der Waals surface area contributed by atoms with Gasteiger partial charge in [-0.3, -0.25) is 9.59 Å². The number of benzene rings is 3. The number of rotatable bonds is 7. The minimum atomic E-state index is -0.923. The van der Waals surface area contributed by atoms with E-state index in [1.807, 2.05) is 0 Å². The molecule has 3 rings (SSSR count). The summed E-state index contributed by atoms with van der Waals surface area (Å²) in [5, 5.41) is 6.76. The van der Waals surface area contributed by atoms with Crippen LogP contribution in [0, 0.1) is 0 Å². The number of anilines is 1. The van der Waals surface area contributed by atoms with Crippen LogP contribution in [0.3, 0.4) is 0 Å². The summed E-state index contributed by atoms with van der Waals surface area (Å²) in [6.07, 6.45) is 1.33. The van der Waals surface area contributed by atoms with E-state index in [2.05, 4.69) is 15.8 Å². The molecule has 3 aromatic carbocycles. The summed E-state index contributed by atoms with van der Waals surface area (Å²) in [5.41, 5.74) is 3.54. The van der Waals surface area contributed by atoms with Crippen LogP contribution in [-0.2, 0) is 9.59 Å². The van der Waals surface area contributed by atoms with Crippen molar-refractivity contribution in [1.82, 2.24) is 5.43 Å². The molecule has 0 fully saturated rings. The number of hydrogen-bond donors (Lipinski definition) is 2. The van der Waals surface area contributed by atoms with Crippen molar-refractivity contribution in [3.63, 3.8) is 0 Å². The molecule has 3 aromatic rings. The maximum Gasteiger partial charge on any atom is 0.343 e. The lowest BCUT2D eigenvalue weighted by Gasteiger charge is -2.11. The van der Waals surface area contributed by atoms with Crippen LogP contribution in [0.5, 0.6) is 11.5 Å². The standard InChI is InChI=1S/C24H20ClN3O5/c1-2-32-21-14-16(8-13-20(21)33-24(31)17-9-11-18(25)12-10-17)15-26-28-23(30)22(29)27-19-6-4-3-5-7-19/h3-15H,2H2,1H3,(H,27,29)(H,28,30)/b26-15-. The molecule has 2 N–H and O–H groups in total. The minimum absolute atomic E-state index is 0.222. The van der Waals surface area contributed by atoms with Crippen LogP contribution in [0.15, 0.2) is 77.9 Å². The first kappa shape index (κ1) is 23.5. The maximum absolute atomic E-state index is 12.4. The average molecular weight is 466 g/mol. The lowest BCUT2D eigenvalue weighted by Crippen LogP contribution is -2.32. The van der Waals surface area contributed by atoms with Gasteiger partial charge in [-0.1, -0.05) is 29.8 Å². The van der Waals surface area contributed by atoms with E-state index in [1.54, 1.807) is 79.7 Å². The van der Waals surface area contributed by atoms with Gasteiger partial charge in [-0.2, -0.15) is 5.10 Å². The van der Waals surface area contributed by atoms with E-state index in [-0.39, 0.29) is 5.75 Å². The van der Waals surface area contributed by atoms with E-state index in [0.29, 0.717) is 34.2 Å². The highest BCUT2D eigenvalue weighted by atomic mass is 35.5. The first-order valence-electron chi connectivity index (χ1n) is 9.90. The molecule has 0 saturated heterocycles. The number of halogens is 1. The van der Waals surface area contributed by atoms with Crippen molar-refractivity contribution in [2.24, 2.45) is 5.10 Å². The Hall–Kier alpha value is -4.17. The second-order valence-corrected chi connectivity index (χ2v) is 6.99. The van der Waals surface area contributed by atoms with E-state index in [0.717, 1.165) is 0 Å². The number of ether oxygens (including phenoxy) is 2. The normalized spacial score (nSPS) is 10.5. The molecule has 0 bridgehead atoms. The third-order valence-corrected chi connectivity index (χ3v) is 4.42. The van der Waals surface area contributed by atoms with Gasteiger partial charge in [0.15, 0.2) is 11.5 Å². The van der Waals surface area contributed by atoms with E-state index in [9.17, 15) is 14.4 Å². The zero-order valence-corrected chi connectivity index (χ0v) is 18.3. The Labute approximate surface area is 195 Å². The van der Waals surface area contributed by atoms with Crippen LogP contribution in [-0.4, -0.2) is 30.6 Å². The number of nitrogens with one attached hydrogen (secondary N) is 2. The number of carbonyl (C=O) groups is 3. The van der Waals surface area contributed by atoms with Crippen molar-refractivity contribution in [3.8, 4) is 11.5 Å². The van der Waals surface area contributed by atoms with Crippen molar-refractivity contribution in [3.05, 3.63) is 88.9 Å². The zero-order valence-electron chi connectivity index (χ0n) is 17.6. The molecule has 0 radical (unpaired) electrons. The summed E-state index contributed by atoms with van der Waals surface area (Å²) in [4.78, 5) is 36.2. The van der Waals surface area contributed by atoms with Gasteiger partial charge in [0, 0.05) is 10.7 Å². The van der Waals surface area contributed by atoms with Crippen LogP contribution >= 0.6 is 11.6 Å². The van der Waals surface area contributed by atoms with Gasteiger partial charge >= 0.3 is 17.8 Å². The smallest absolute Gasteiger partial charge is 0.343 e. The molecule has 0 aliphatic heterocycles. The Morgan fingerprint density at radius 3 is 2.36 bits per heavy atom. The minimum Gasteiger partial charge on any atom is -0.490 e. The van der Waals surface area contributed by atoms with Gasteiger partial charge in [0.2, 0.25) is 0 Å². The maximum atomic E-state index is 12.4. The largest absolute Gasteiger partial charge is 0.490 e. The van der Waals surface area contributed by atoms with Gasteiger partial charge in [0.1, 0.15) is 0 Å². The highest BCUT2D eigenvalue weighted by molar-refractivity contribution is 6.39. The summed E-state index contributed by atoms with van der Waals surface area (Å²) in [7, 11) is 0. The first-order valence-corrected chi connectivity index (χ1v) is 10.3. The third kappa shape index (κ3) is 6.91. The predicted molar refractivity (Wildman–Crippen MR) is 125 cm³/mol. The summed E-state index contributed by atoms with van der Waals surface area (Å²) in [6, 6.07) is 19.6. The summed E-state index contributed by atoms with van der Waals surface area (Å²) >= 11 is 5.84. The molecular weight excluding hydrogens is 446 g/mol. The zero-order chi connectivity index (χ0) is 23.6. The predicted octanol–water partition coefficient (Wildman–Crippen LogP) is 4.05. The van der Waals surface area contributed by atoms with E-state index < -0.39 is 17.8 Å². The first-order chi connectivity index (χ1) is 16.0. The van der Waals surface area contributed by atoms with Crippen molar-refractivity contribution >= 4 is 41.3 Å². The monoisotopic (exact) mass is 465 g/mol. The van der Waals surface area contributed by atoms with Crippen molar-refractivity contribution in [2.45, 2.75) is 6.92 Å². The fraction of sp³-hybridized carbons (Fsp3) is 0.0833. The topological polar surface area (TPSA) is 106 Å². The molecule has 168 valence electrons. The van der Waals surface area contributed by atoms with Crippen LogP contribution in [0.25, 0.3) is 0 Å². The Kier molecular flexibility index (Phi) is 8.15. The number of hydrogen-bond acceptors (Lipinski definition) is 6. The molecule has 0 heterocycles. The summed E-state index contributed by atoms with van der Waals surface area (Å²) in [5.74, 6) is -1.80. The van der Waals surface area contributed by atoms with Gasteiger partial charge in [0.25, 0.3) is 0 Å². The Morgan fingerprint density at radius 1 is 0.939 bits per heavy atom. The molecule has 0 saturated carbocycles. The van der Waals surface area contributed by atoms with Crippen LogP contribution in [0.2, 0.25) is 5.02 Å². The molecular formula is C24H20ClN3O5. The van der Waals surface area contributed by atoms with Crippen molar-refractivity contribution in [1.29, 1.82) is 0 Å². The SMILES string of the molecule is CCOc1cc(/C=N\NC(=O)C(=O)Nc2ccccc2)ccc1OC(=O)c1ccc(Cl)cc1. The second kappa shape index (κ2) is 11.4. The third-order valence-electron chi connectivity index (χ3n) is 4.17. The van der Waals surface area contributed by atoms with Crippen molar-refractivity contribution in [2.75, 3.05) is 11.9 Å². The number of carbonyl (C=O) groups excluding carboxylic acids is 3. The molecule has 9 heteroatoms. The van der Waals surface area contributed by atoms with Crippen molar-refractivity contribution < 1.29 is 23.9 Å². The Morgan fingerprint density at radius 2 is 1.67 bits per heavy atom. The fourth-order valence-electron chi connectivity index (χ4n) is 2.63. The van der Waals surface area contributed by atoms with Gasteiger partial charge in [0.05, 0.1) is 18.4 Å². The average Bonchev–Trinajstić information content (AvgIpc) is 2.81. The molecule has 0 unspecified atom stereocenters. The molecule has 33 heavy (non-hydrogen) atoms. The van der Waals surface area contributed by atoms with E-state index in [1.165, 1.54) is 6.21 Å².